The third kappa shape index (κ3) is 4.85. The highest BCUT2D eigenvalue weighted by Gasteiger charge is 2.32. The zero-order chi connectivity index (χ0) is 16.6. The van der Waals surface area contributed by atoms with Crippen LogP contribution in [0.1, 0.15) is 29.4 Å². The van der Waals surface area contributed by atoms with Crippen LogP contribution in [0.3, 0.4) is 0 Å². The minimum absolute atomic E-state index is 0.0801. The maximum Gasteiger partial charge on any atom is 0.226 e. The molecule has 5 heteroatoms. The first kappa shape index (κ1) is 17.5. The fourth-order valence-corrected chi connectivity index (χ4v) is 4.67. The van der Waals surface area contributed by atoms with Crippen molar-refractivity contribution >= 4 is 29.0 Å². The van der Waals surface area contributed by atoms with E-state index in [1.807, 2.05) is 42.1 Å². The zero-order valence-electron chi connectivity index (χ0n) is 13.6. The van der Waals surface area contributed by atoms with Gasteiger partial charge in [-0.25, -0.2) is 0 Å². The van der Waals surface area contributed by atoms with Crippen LogP contribution in [-0.4, -0.2) is 24.8 Å². The number of benzene rings is 1. The van der Waals surface area contributed by atoms with Crippen molar-refractivity contribution in [2.75, 3.05) is 18.9 Å². The standard InChI is InChI=1S/C19H23NO2S2/c21-19(20-10-13-23-14-16-8-5-12-24-16)17-9-4-11-22-18(17)15-6-2-1-3-7-15/h1-3,5-8,12,17-18H,4,9-11,13-14H2,(H,20,21)/t17-,18+/m1/s1. The lowest BCUT2D eigenvalue weighted by Gasteiger charge is -2.31. The van der Waals surface area contributed by atoms with Crippen molar-refractivity contribution in [3.05, 3.63) is 58.3 Å². The lowest BCUT2D eigenvalue weighted by atomic mass is 9.89. The molecular weight excluding hydrogens is 338 g/mol. The summed E-state index contributed by atoms with van der Waals surface area (Å²) in [6.07, 6.45) is 1.74. The number of rotatable bonds is 7. The number of carbonyl (C=O) groups is 1. The molecule has 0 unspecified atom stereocenters. The molecule has 2 aromatic rings. The largest absolute Gasteiger partial charge is 0.373 e. The third-order valence-corrected chi connectivity index (χ3v) is 6.22. The van der Waals surface area contributed by atoms with Crippen molar-refractivity contribution < 1.29 is 9.53 Å². The van der Waals surface area contributed by atoms with Crippen LogP contribution >= 0.6 is 23.1 Å². The van der Waals surface area contributed by atoms with Gasteiger partial charge in [0, 0.05) is 29.5 Å². The minimum atomic E-state index is -0.112. The Morgan fingerprint density at radius 1 is 1.25 bits per heavy atom. The normalized spacial score (nSPS) is 20.7. The van der Waals surface area contributed by atoms with E-state index in [0.29, 0.717) is 6.54 Å². The van der Waals surface area contributed by atoms with E-state index in [-0.39, 0.29) is 17.9 Å². The molecule has 1 aliphatic heterocycles. The third-order valence-electron chi connectivity index (χ3n) is 4.16. The SMILES string of the molecule is O=C(NCCSCc1cccs1)[C@@H]1CCCO[C@H]1c1ccccc1. The maximum absolute atomic E-state index is 12.6. The van der Waals surface area contributed by atoms with Crippen LogP contribution in [0, 0.1) is 5.92 Å². The average Bonchev–Trinajstić information content (AvgIpc) is 3.15. The Balaban J connectivity index is 1.45. The highest BCUT2D eigenvalue weighted by atomic mass is 32.2. The number of thiophene rings is 1. The summed E-state index contributed by atoms with van der Waals surface area (Å²) in [5.41, 5.74) is 1.10. The molecule has 0 spiro atoms. The smallest absolute Gasteiger partial charge is 0.226 e. The molecule has 1 fully saturated rings. The number of nitrogens with one attached hydrogen (secondary N) is 1. The van der Waals surface area contributed by atoms with Crippen LogP contribution in [0.4, 0.5) is 0 Å². The minimum Gasteiger partial charge on any atom is -0.373 e. The second-order valence-corrected chi connectivity index (χ2v) is 8.01. The number of hydrogen-bond acceptors (Lipinski definition) is 4. The molecule has 2 atom stereocenters. The van der Waals surface area contributed by atoms with Crippen LogP contribution < -0.4 is 5.32 Å². The first-order valence-corrected chi connectivity index (χ1v) is 10.4. The highest BCUT2D eigenvalue weighted by Crippen LogP contribution is 2.33. The fraction of sp³-hybridized carbons (Fsp3) is 0.421. The molecule has 1 aromatic heterocycles. The van der Waals surface area contributed by atoms with E-state index in [0.717, 1.165) is 36.5 Å². The van der Waals surface area contributed by atoms with E-state index < -0.39 is 0 Å². The molecular formula is C19H23NO2S2. The zero-order valence-corrected chi connectivity index (χ0v) is 15.3. The lowest BCUT2D eigenvalue weighted by molar-refractivity contribution is -0.134. The number of carbonyl (C=O) groups excluding carboxylic acids is 1. The molecule has 24 heavy (non-hydrogen) atoms. The number of hydrogen-bond donors (Lipinski definition) is 1. The van der Waals surface area contributed by atoms with Crippen LogP contribution in [0.2, 0.25) is 0 Å². The van der Waals surface area contributed by atoms with Crippen molar-refractivity contribution in [1.29, 1.82) is 0 Å². The van der Waals surface area contributed by atoms with Crippen LogP contribution in [0.5, 0.6) is 0 Å². The molecule has 3 nitrogen and oxygen atoms in total. The maximum atomic E-state index is 12.6. The van der Waals surface area contributed by atoms with Crippen molar-refractivity contribution in [1.82, 2.24) is 5.32 Å². The van der Waals surface area contributed by atoms with Gasteiger partial charge in [0.2, 0.25) is 5.91 Å². The van der Waals surface area contributed by atoms with Gasteiger partial charge in [-0.05, 0) is 29.9 Å². The number of ether oxygens (including phenoxy) is 1. The van der Waals surface area contributed by atoms with Gasteiger partial charge in [-0.15, -0.1) is 11.3 Å². The van der Waals surface area contributed by atoms with Gasteiger partial charge in [0.15, 0.2) is 0 Å². The summed E-state index contributed by atoms with van der Waals surface area (Å²) in [6, 6.07) is 14.3. The molecule has 1 aliphatic rings. The predicted molar refractivity (Wildman–Crippen MR) is 101 cm³/mol. The average molecular weight is 362 g/mol. The Morgan fingerprint density at radius 3 is 2.92 bits per heavy atom. The van der Waals surface area contributed by atoms with Gasteiger partial charge in [0.1, 0.15) is 0 Å². The van der Waals surface area contributed by atoms with Crippen LogP contribution in [-0.2, 0) is 15.3 Å². The topological polar surface area (TPSA) is 38.3 Å². The Bertz CT molecular complexity index is 616. The van der Waals surface area contributed by atoms with Gasteiger partial charge in [-0.3, -0.25) is 4.79 Å². The van der Waals surface area contributed by atoms with Crippen molar-refractivity contribution in [3.63, 3.8) is 0 Å². The highest BCUT2D eigenvalue weighted by molar-refractivity contribution is 7.98. The van der Waals surface area contributed by atoms with Gasteiger partial charge in [-0.2, -0.15) is 11.8 Å². The quantitative estimate of drug-likeness (QED) is 0.749. The van der Waals surface area contributed by atoms with Crippen molar-refractivity contribution in [3.8, 4) is 0 Å². The monoisotopic (exact) mass is 361 g/mol. The van der Waals surface area contributed by atoms with E-state index in [1.54, 1.807) is 11.3 Å². The predicted octanol–water partition coefficient (Wildman–Crippen LogP) is 4.27. The van der Waals surface area contributed by atoms with Crippen molar-refractivity contribution in [2.24, 2.45) is 5.92 Å². The summed E-state index contributed by atoms with van der Waals surface area (Å²) in [4.78, 5) is 14.0. The summed E-state index contributed by atoms with van der Waals surface area (Å²) in [6.45, 7) is 1.45. The second kappa shape index (κ2) is 9.25. The lowest BCUT2D eigenvalue weighted by Crippen LogP contribution is -2.38. The summed E-state index contributed by atoms with van der Waals surface area (Å²) in [5, 5.41) is 5.20. The molecule has 1 amide bonds. The molecule has 0 radical (unpaired) electrons. The molecule has 0 aliphatic carbocycles. The second-order valence-electron chi connectivity index (χ2n) is 5.87. The first-order valence-electron chi connectivity index (χ1n) is 8.39. The van der Waals surface area contributed by atoms with Gasteiger partial charge in [0.25, 0.3) is 0 Å². The van der Waals surface area contributed by atoms with Crippen LogP contribution in [0.15, 0.2) is 47.8 Å². The molecule has 1 saturated heterocycles. The molecule has 1 N–H and O–H groups in total. The summed E-state index contributed by atoms with van der Waals surface area (Å²) < 4.78 is 5.91. The molecule has 3 rings (SSSR count). The van der Waals surface area contributed by atoms with Gasteiger partial charge >= 0.3 is 0 Å². The van der Waals surface area contributed by atoms with Gasteiger partial charge < -0.3 is 10.1 Å². The summed E-state index contributed by atoms with van der Waals surface area (Å²) in [7, 11) is 0. The molecule has 0 bridgehead atoms. The van der Waals surface area contributed by atoms with Crippen LogP contribution in [0.25, 0.3) is 0 Å². The molecule has 1 aromatic carbocycles. The van der Waals surface area contributed by atoms with Gasteiger partial charge in [-0.1, -0.05) is 36.4 Å². The van der Waals surface area contributed by atoms with Gasteiger partial charge in [0.05, 0.1) is 12.0 Å². The van der Waals surface area contributed by atoms with E-state index in [4.69, 9.17) is 4.74 Å². The Hall–Kier alpha value is -1.30. The summed E-state index contributed by atoms with van der Waals surface area (Å²) in [5.74, 6) is 2.00. The van der Waals surface area contributed by atoms with E-state index >= 15 is 0 Å². The number of thioether (sulfide) groups is 1. The Labute approximate surface area is 151 Å². The van der Waals surface area contributed by atoms with E-state index in [1.165, 1.54) is 4.88 Å². The molecule has 0 saturated carbocycles. The summed E-state index contributed by atoms with van der Waals surface area (Å²) >= 11 is 3.64. The Kier molecular flexibility index (Phi) is 6.75. The van der Waals surface area contributed by atoms with E-state index in [2.05, 4.69) is 22.8 Å². The fourth-order valence-electron chi connectivity index (χ4n) is 2.97. The first-order chi connectivity index (χ1) is 11.8. The Morgan fingerprint density at radius 2 is 2.12 bits per heavy atom. The van der Waals surface area contributed by atoms with Crippen molar-refractivity contribution in [2.45, 2.75) is 24.7 Å². The molecule has 2 heterocycles. The van der Waals surface area contributed by atoms with E-state index in [9.17, 15) is 4.79 Å². The number of amides is 1. The molecule has 128 valence electrons.